The number of hydrogen-bond acceptors (Lipinski definition) is 3. The van der Waals surface area contributed by atoms with E-state index in [0.717, 1.165) is 11.6 Å². The van der Waals surface area contributed by atoms with Gasteiger partial charge in [-0.15, -0.1) is 0 Å². The SMILES string of the molecule is N=Cc1cc(C(Nc2cccc3cc[nH]c23)C(F)(F)F)ccc1Nc1ccc(F)cc1. The zero-order chi connectivity index (χ0) is 22.0. The van der Waals surface area contributed by atoms with E-state index in [4.69, 9.17) is 5.41 Å². The molecule has 0 radical (unpaired) electrons. The van der Waals surface area contributed by atoms with Gasteiger partial charge in [0.15, 0.2) is 0 Å². The first kappa shape index (κ1) is 20.5. The van der Waals surface area contributed by atoms with Crippen molar-refractivity contribution in [3.63, 3.8) is 0 Å². The van der Waals surface area contributed by atoms with Gasteiger partial charge in [0.1, 0.15) is 11.9 Å². The third kappa shape index (κ3) is 4.37. The molecule has 0 aliphatic carbocycles. The fraction of sp³-hybridized carbons (Fsp3) is 0.0870. The Morgan fingerprint density at radius 3 is 2.42 bits per heavy atom. The van der Waals surface area contributed by atoms with Crippen LogP contribution >= 0.6 is 0 Å². The molecule has 0 spiro atoms. The van der Waals surface area contributed by atoms with E-state index in [1.165, 1.54) is 42.5 Å². The van der Waals surface area contributed by atoms with Gasteiger partial charge in [0.25, 0.3) is 0 Å². The van der Waals surface area contributed by atoms with Crippen LogP contribution in [0.4, 0.5) is 34.6 Å². The largest absolute Gasteiger partial charge is 0.412 e. The number of hydrogen-bond donors (Lipinski definition) is 4. The zero-order valence-corrected chi connectivity index (χ0v) is 16.1. The van der Waals surface area contributed by atoms with Crippen LogP contribution < -0.4 is 10.6 Å². The topological polar surface area (TPSA) is 63.7 Å². The molecule has 0 bridgehead atoms. The van der Waals surface area contributed by atoms with Crippen molar-refractivity contribution in [3.8, 4) is 0 Å². The predicted octanol–water partition coefficient (Wildman–Crippen LogP) is 6.76. The van der Waals surface area contributed by atoms with E-state index in [1.54, 1.807) is 24.4 Å². The molecule has 0 fully saturated rings. The van der Waals surface area contributed by atoms with E-state index < -0.39 is 18.0 Å². The van der Waals surface area contributed by atoms with Gasteiger partial charge in [-0.2, -0.15) is 13.2 Å². The molecule has 0 aliphatic rings. The summed E-state index contributed by atoms with van der Waals surface area (Å²) < 4.78 is 55.0. The quantitative estimate of drug-likeness (QED) is 0.203. The highest BCUT2D eigenvalue weighted by atomic mass is 19.4. The van der Waals surface area contributed by atoms with Crippen LogP contribution in [-0.2, 0) is 0 Å². The molecule has 1 heterocycles. The highest BCUT2D eigenvalue weighted by Crippen LogP contribution is 2.38. The van der Waals surface area contributed by atoms with Gasteiger partial charge in [0.05, 0.1) is 11.2 Å². The van der Waals surface area contributed by atoms with Gasteiger partial charge in [0.2, 0.25) is 0 Å². The summed E-state index contributed by atoms with van der Waals surface area (Å²) in [5.41, 5.74) is 2.16. The minimum atomic E-state index is -4.57. The minimum absolute atomic E-state index is 0.0285. The van der Waals surface area contributed by atoms with E-state index >= 15 is 0 Å². The maximum absolute atomic E-state index is 14.0. The first-order valence-electron chi connectivity index (χ1n) is 9.41. The maximum Gasteiger partial charge on any atom is 0.412 e. The number of alkyl halides is 3. The summed E-state index contributed by atoms with van der Waals surface area (Å²) in [4.78, 5) is 2.96. The van der Waals surface area contributed by atoms with Crippen LogP contribution in [0.3, 0.4) is 0 Å². The Bertz CT molecular complexity index is 1210. The third-order valence-corrected chi connectivity index (χ3v) is 4.90. The molecule has 0 saturated heterocycles. The Balaban J connectivity index is 1.68. The fourth-order valence-corrected chi connectivity index (χ4v) is 3.40. The number of H-pyrrole nitrogens is 1. The first-order chi connectivity index (χ1) is 14.8. The van der Waals surface area contributed by atoms with E-state index in [0.29, 0.717) is 22.6 Å². The molecule has 8 heteroatoms. The Kier molecular flexibility index (Phi) is 5.37. The van der Waals surface area contributed by atoms with Gasteiger partial charge >= 0.3 is 6.18 Å². The van der Waals surface area contributed by atoms with Crippen molar-refractivity contribution in [2.24, 2.45) is 0 Å². The molecule has 4 aromatic rings. The predicted molar refractivity (Wildman–Crippen MR) is 115 cm³/mol. The highest BCUT2D eigenvalue weighted by molar-refractivity contribution is 5.91. The van der Waals surface area contributed by atoms with Crippen LogP contribution in [-0.4, -0.2) is 17.4 Å². The van der Waals surface area contributed by atoms with E-state index in [1.807, 2.05) is 6.07 Å². The molecule has 4 rings (SSSR count). The number of halogens is 4. The number of anilines is 3. The lowest BCUT2D eigenvalue weighted by atomic mass is 10.0. The van der Waals surface area contributed by atoms with E-state index in [-0.39, 0.29) is 11.1 Å². The van der Waals surface area contributed by atoms with E-state index in [2.05, 4.69) is 15.6 Å². The summed E-state index contributed by atoms with van der Waals surface area (Å²) in [7, 11) is 0. The van der Waals surface area contributed by atoms with Gasteiger partial charge in [0, 0.05) is 34.7 Å². The second-order valence-electron chi connectivity index (χ2n) is 6.99. The average molecular weight is 426 g/mol. The van der Waals surface area contributed by atoms with Crippen LogP contribution in [0.15, 0.2) is 72.9 Å². The second kappa shape index (κ2) is 8.14. The van der Waals surface area contributed by atoms with Gasteiger partial charge in [-0.05, 0) is 54.1 Å². The Morgan fingerprint density at radius 1 is 0.935 bits per heavy atom. The van der Waals surface area contributed by atoms with Crippen LogP contribution in [0.5, 0.6) is 0 Å². The molecule has 4 nitrogen and oxygen atoms in total. The molecule has 158 valence electrons. The fourth-order valence-electron chi connectivity index (χ4n) is 3.40. The minimum Gasteiger partial charge on any atom is -0.369 e. The molecule has 0 aliphatic heterocycles. The van der Waals surface area contributed by atoms with Crippen LogP contribution in [0.2, 0.25) is 0 Å². The first-order valence-corrected chi connectivity index (χ1v) is 9.41. The second-order valence-corrected chi connectivity index (χ2v) is 6.99. The lowest BCUT2D eigenvalue weighted by Crippen LogP contribution is -2.28. The summed E-state index contributed by atoms with van der Waals surface area (Å²) in [5.74, 6) is -0.399. The van der Waals surface area contributed by atoms with Crippen molar-refractivity contribution in [1.29, 1.82) is 5.41 Å². The molecule has 0 saturated carbocycles. The van der Waals surface area contributed by atoms with Crippen LogP contribution in [0.25, 0.3) is 10.9 Å². The van der Waals surface area contributed by atoms with Crippen molar-refractivity contribution >= 4 is 34.2 Å². The number of fused-ring (bicyclic) bond motifs is 1. The molecule has 3 aromatic carbocycles. The molecular weight excluding hydrogens is 408 g/mol. The summed E-state index contributed by atoms with van der Waals surface area (Å²) in [6.07, 6.45) is -1.92. The Morgan fingerprint density at radius 2 is 1.71 bits per heavy atom. The number of rotatable bonds is 6. The van der Waals surface area contributed by atoms with Crippen molar-refractivity contribution in [2.75, 3.05) is 10.6 Å². The zero-order valence-electron chi connectivity index (χ0n) is 16.1. The van der Waals surface area contributed by atoms with E-state index in [9.17, 15) is 17.6 Å². The van der Waals surface area contributed by atoms with Gasteiger partial charge in [-0.1, -0.05) is 18.2 Å². The molecule has 1 aromatic heterocycles. The van der Waals surface area contributed by atoms with Crippen LogP contribution in [0, 0.1) is 11.2 Å². The molecule has 1 unspecified atom stereocenters. The molecule has 4 N–H and O–H groups in total. The van der Waals surface area contributed by atoms with Gasteiger partial charge < -0.3 is 21.0 Å². The number of aromatic amines is 1. The maximum atomic E-state index is 14.0. The standard InChI is InChI=1S/C23H18F4N4/c24-17-5-7-18(8-6-17)30-19-9-4-15(12-16(19)13-28)22(23(25,26)27)31-20-3-1-2-14-10-11-29-21(14)20/h1-13,22,28-31H. The van der Waals surface area contributed by atoms with Gasteiger partial charge in [-0.25, -0.2) is 4.39 Å². The molecular formula is C23H18F4N4. The highest BCUT2D eigenvalue weighted by Gasteiger charge is 2.41. The molecule has 1 atom stereocenters. The van der Waals surface area contributed by atoms with Crippen molar-refractivity contribution in [3.05, 3.63) is 89.9 Å². The summed E-state index contributed by atoms with van der Waals surface area (Å²) >= 11 is 0. The third-order valence-electron chi connectivity index (χ3n) is 4.90. The number of para-hydroxylation sites is 1. The Labute approximate surface area is 175 Å². The van der Waals surface area contributed by atoms with Crippen molar-refractivity contribution < 1.29 is 17.6 Å². The molecule has 0 amide bonds. The summed E-state index contributed by atoms with van der Waals surface area (Å²) in [6, 6.07) is 14.6. The summed E-state index contributed by atoms with van der Waals surface area (Å²) in [6.45, 7) is 0. The molecule has 31 heavy (non-hydrogen) atoms. The number of aromatic nitrogens is 1. The number of nitrogens with one attached hydrogen (secondary N) is 4. The smallest absolute Gasteiger partial charge is 0.369 e. The van der Waals surface area contributed by atoms with Gasteiger partial charge in [-0.3, -0.25) is 0 Å². The lowest BCUT2D eigenvalue weighted by Gasteiger charge is -2.24. The number of benzene rings is 3. The monoisotopic (exact) mass is 426 g/mol. The Hall–Kier alpha value is -3.81. The lowest BCUT2D eigenvalue weighted by molar-refractivity contribution is -0.143. The average Bonchev–Trinajstić information content (AvgIpc) is 3.23. The van der Waals surface area contributed by atoms with Crippen molar-refractivity contribution in [2.45, 2.75) is 12.2 Å². The summed E-state index contributed by atoms with van der Waals surface area (Å²) in [5, 5.41) is 14.0. The van der Waals surface area contributed by atoms with Crippen LogP contribution in [0.1, 0.15) is 17.2 Å². The van der Waals surface area contributed by atoms with Crippen molar-refractivity contribution in [1.82, 2.24) is 4.98 Å². The normalized spacial score (nSPS) is 12.5.